The number of aliphatic hydroxyl groups is 1. The normalized spacial score (nSPS) is 38.0. The van der Waals surface area contributed by atoms with Gasteiger partial charge in [-0.25, -0.2) is 33.9 Å². The standard InChI is InChI=1S/C22H26FN9O8P2S2/c1-8-3-26-19(24)13-15(8)31(6-29-13)9-2-10-16(33)17(9)39-41(34,43)36-4-11-18(40-42(35,44)38-10)12(23)22(37-11)32-7-30-14-20(25)27-5-28-21(14)32/h3,5-7,9-12,16-18,22,33H,2,4H2,1H3,(H2,24,26)(H,34,43)(H,35,44)(H2,25,27,28)/t9-,10+,11-,12-,16-,17+,18-,22-,41?,42?/m1/s1. The quantitative estimate of drug-likeness (QED) is 0.149. The molecule has 1 saturated carbocycles. The monoisotopic (exact) mass is 689 g/mol. The zero-order valence-corrected chi connectivity index (χ0v) is 26.1. The number of ether oxygens (including phenoxy) is 1. The van der Waals surface area contributed by atoms with Gasteiger partial charge in [0.25, 0.3) is 0 Å². The van der Waals surface area contributed by atoms with Gasteiger partial charge in [0.2, 0.25) is 0 Å². The summed E-state index contributed by atoms with van der Waals surface area (Å²) in [6, 6.07) is -0.765. The van der Waals surface area contributed by atoms with Crippen molar-refractivity contribution in [1.82, 2.24) is 34.1 Å². The van der Waals surface area contributed by atoms with Crippen molar-refractivity contribution in [3.8, 4) is 0 Å². The number of imidazole rings is 2. The van der Waals surface area contributed by atoms with Crippen molar-refractivity contribution in [1.29, 1.82) is 0 Å². The average Bonchev–Trinajstić information content (AvgIpc) is 3.72. The Bertz CT molecular complexity index is 1870. The summed E-state index contributed by atoms with van der Waals surface area (Å²) < 4.78 is 61.3. The highest BCUT2D eigenvalue weighted by Gasteiger charge is 2.54. The first-order valence-corrected chi connectivity index (χ1v) is 18.5. The number of halogens is 1. The molecule has 44 heavy (non-hydrogen) atoms. The molecule has 0 radical (unpaired) electrons. The smallest absolute Gasteiger partial charge is 0.386 e. The van der Waals surface area contributed by atoms with E-state index in [0.717, 1.165) is 5.56 Å². The predicted molar refractivity (Wildman–Crippen MR) is 159 cm³/mol. The number of aromatic nitrogens is 7. The number of alkyl halides is 1. The molecular weight excluding hydrogens is 663 g/mol. The van der Waals surface area contributed by atoms with E-state index < -0.39 is 69.1 Å². The summed E-state index contributed by atoms with van der Waals surface area (Å²) in [5.41, 5.74) is 14.0. The fourth-order valence-corrected chi connectivity index (χ4v) is 9.16. The number of hydrogen-bond donors (Lipinski definition) is 5. The number of fused-ring (bicyclic) bond motifs is 5. The van der Waals surface area contributed by atoms with Gasteiger partial charge < -0.3 is 35.3 Å². The molecule has 2 saturated heterocycles. The molecule has 0 aromatic carbocycles. The Morgan fingerprint density at radius 1 is 1.05 bits per heavy atom. The highest BCUT2D eigenvalue weighted by molar-refractivity contribution is 8.44. The Labute approximate surface area is 258 Å². The van der Waals surface area contributed by atoms with Crippen LogP contribution in [0.2, 0.25) is 0 Å². The van der Waals surface area contributed by atoms with Crippen LogP contribution in [0.4, 0.5) is 16.0 Å². The van der Waals surface area contributed by atoms with Crippen LogP contribution in [0.3, 0.4) is 0 Å². The minimum absolute atomic E-state index is 0.0104. The van der Waals surface area contributed by atoms with Gasteiger partial charge in [-0.15, -0.1) is 0 Å². The predicted octanol–water partition coefficient (Wildman–Crippen LogP) is 1.73. The van der Waals surface area contributed by atoms with Crippen LogP contribution in [0, 0.1) is 6.92 Å². The lowest BCUT2D eigenvalue weighted by molar-refractivity contribution is -0.0539. The van der Waals surface area contributed by atoms with Crippen molar-refractivity contribution >= 4 is 71.4 Å². The van der Waals surface area contributed by atoms with Gasteiger partial charge in [-0.2, -0.15) is 0 Å². The average molecular weight is 690 g/mol. The molecule has 0 amide bonds. The lowest BCUT2D eigenvalue weighted by Gasteiger charge is -2.30. The van der Waals surface area contributed by atoms with Crippen LogP contribution in [0.25, 0.3) is 22.2 Å². The van der Waals surface area contributed by atoms with Gasteiger partial charge in [0.05, 0.1) is 36.9 Å². The molecule has 6 N–H and O–H groups in total. The van der Waals surface area contributed by atoms with Crippen LogP contribution in [0.5, 0.6) is 0 Å². The molecule has 7 rings (SSSR count). The van der Waals surface area contributed by atoms with E-state index in [4.69, 9.17) is 46.1 Å². The highest BCUT2D eigenvalue weighted by Crippen LogP contribution is 2.60. The van der Waals surface area contributed by atoms with Gasteiger partial charge in [-0.05, 0) is 24.3 Å². The largest absolute Gasteiger partial charge is 0.388 e. The van der Waals surface area contributed by atoms with E-state index in [0.29, 0.717) is 11.0 Å². The van der Waals surface area contributed by atoms with Crippen molar-refractivity contribution in [3.05, 3.63) is 30.7 Å². The number of pyridine rings is 1. The number of nitrogen functional groups attached to an aromatic ring is 2. The van der Waals surface area contributed by atoms with E-state index in [1.807, 2.05) is 0 Å². The number of aliphatic hydroxyl groups excluding tert-OH is 1. The molecule has 17 nitrogen and oxygen atoms in total. The first-order chi connectivity index (χ1) is 20.8. The molecule has 236 valence electrons. The first-order valence-electron chi connectivity index (χ1n) is 13.2. The van der Waals surface area contributed by atoms with Crippen molar-refractivity contribution < 1.29 is 41.8 Å². The van der Waals surface area contributed by atoms with E-state index in [1.165, 1.54) is 23.5 Å². The summed E-state index contributed by atoms with van der Waals surface area (Å²) in [7, 11) is 0. The van der Waals surface area contributed by atoms with Gasteiger partial charge in [-0.1, -0.05) is 12.2 Å². The van der Waals surface area contributed by atoms with E-state index in [-0.39, 0.29) is 29.2 Å². The zero-order chi connectivity index (χ0) is 31.1. The minimum Gasteiger partial charge on any atom is -0.388 e. The number of rotatable bonds is 2. The van der Waals surface area contributed by atoms with Crippen molar-refractivity contribution in [2.45, 2.75) is 62.3 Å². The van der Waals surface area contributed by atoms with Crippen LogP contribution >= 0.6 is 25.8 Å². The first kappa shape index (κ1) is 30.3. The number of aryl methyl sites for hydroxylation is 1. The van der Waals surface area contributed by atoms with E-state index in [9.17, 15) is 14.6 Å². The van der Waals surface area contributed by atoms with E-state index >= 15 is 4.39 Å². The number of thiol groups is 1. The van der Waals surface area contributed by atoms with Crippen LogP contribution in [0.1, 0.15) is 24.3 Å². The summed E-state index contributed by atoms with van der Waals surface area (Å²) in [4.78, 5) is 31.7. The molecule has 2 aliphatic heterocycles. The number of nitrogens with two attached hydrogens (primary N) is 2. The lowest BCUT2D eigenvalue weighted by Crippen LogP contribution is -2.37. The molecule has 1 aliphatic carbocycles. The summed E-state index contributed by atoms with van der Waals surface area (Å²) in [5.74, 6) is 0.262. The Balaban J connectivity index is 1.22. The summed E-state index contributed by atoms with van der Waals surface area (Å²) in [6.45, 7) is -7.28. The second-order valence-corrected chi connectivity index (χ2v) is 16.2. The van der Waals surface area contributed by atoms with E-state index in [2.05, 4.69) is 37.2 Å². The third kappa shape index (κ3) is 5.11. The topological polar surface area (TPSA) is 230 Å². The fraction of sp³-hybridized carbons (Fsp3) is 0.500. The van der Waals surface area contributed by atoms with Crippen molar-refractivity contribution in [2.24, 2.45) is 0 Å². The number of anilines is 2. The highest BCUT2D eigenvalue weighted by atomic mass is 32.7. The van der Waals surface area contributed by atoms with E-state index in [1.54, 1.807) is 17.7 Å². The molecule has 3 fully saturated rings. The van der Waals surface area contributed by atoms with Gasteiger partial charge in [0, 0.05) is 12.6 Å². The van der Waals surface area contributed by atoms with Gasteiger partial charge in [0.15, 0.2) is 29.7 Å². The molecule has 6 heterocycles. The SMILES string of the molecule is Cc1cnc(N)c2ncn([C@@H]3C[C@@H]4OP(O)(=S)O[C@H]5[C@@H](F)[C@H](n6cnc7c(N)ncnc76)O[C@@H]5COP(=O)(S)O[C@@H]3[C@@H]4O)c12. The second kappa shape index (κ2) is 10.9. The third-order valence-electron chi connectivity index (χ3n) is 7.84. The minimum atomic E-state index is -4.26. The van der Waals surface area contributed by atoms with Crippen LogP contribution in [-0.4, -0.2) is 87.4 Å². The summed E-state index contributed by atoms with van der Waals surface area (Å²) >= 11 is 9.42. The Kier molecular flexibility index (Phi) is 7.49. The molecule has 22 heteroatoms. The van der Waals surface area contributed by atoms with Gasteiger partial charge in [0.1, 0.15) is 41.8 Å². The lowest BCUT2D eigenvalue weighted by atomic mass is 10.1. The number of nitrogens with zero attached hydrogens (tertiary/aromatic N) is 7. The Morgan fingerprint density at radius 3 is 2.57 bits per heavy atom. The van der Waals surface area contributed by atoms with Crippen LogP contribution in [0.15, 0.2) is 25.2 Å². The van der Waals surface area contributed by atoms with Crippen LogP contribution in [-0.2, 0) is 39.2 Å². The van der Waals surface area contributed by atoms with Gasteiger partial charge in [-0.3, -0.25) is 18.1 Å². The molecule has 4 aromatic heterocycles. The molecule has 10 atom stereocenters. The van der Waals surface area contributed by atoms with Gasteiger partial charge >= 0.3 is 13.5 Å². The Morgan fingerprint density at radius 2 is 1.77 bits per heavy atom. The summed E-state index contributed by atoms with van der Waals surface area (Å²) in [5, 5.41) is 11.3. The third-order valence-corrected chi connectivity index (χ3v) is 11.0. The fourth-order valence-electron chi connectivity index (χ4n) is 5.88. The zero-order valence-electron chi connectivity index (χ0n) is 22.6. The van der Waals surface area contributed by atoms with Crippen molar-refractivity contribution in [2.75, 3.05) is 18.1 Å². The summed E-state index contributed by atoms with van der Waals surface area (Å²) in [6.07, 6.45) is -4.67. The van der Waals surface area contributed by atoms with Crippen LogP contribution < -0.4 is 11.5 Å². The second-order valence-electron chi connectivity index (χ2n) is 10.6. The maximum absolute atomic E-state index is 16.1. The molecular formula is C22H26FN9O8P2S2. The molecule has 2 bridgehead atoms. The Hall–Kier alpha value is -2.35. The molecule has 4 aromatic rings. The number of hydrogen-bond acceptors (Lipinski definition) is 15. The maximum atomic E-state index is 16.1. The molecule has 2 unspecified atom stereocenters. The van der Waals surface area contributed by atoms with Crippen molar-refractivity contribution in [3.63, 3.8) is 0 Å². The maximum Gasteiger partial charge on any atom is 0.386 e. The molecule has 3 aliphatic rings. The molecule has 0 spiro atoms.